The van der Waals surface area contributed by atoms with E-state index >= 15 is 0 Å². The third-order valence-electron chi connectivity index (χ3n) is 7.25. The molecule has 0 aromatic rings. The van der Waals surface area contributed by atoms with E-state index in [1.165, 1.54) is 44.9 Å². The Labute approximate surface area is 130 Å². The van der Waals surface area contributed by atoms with Crippen molar-refractivity contribution in [3.8, 4) is 0 Å². The van der Waals surface area contributed by atoms with Crippen LogP contribution in [0.3, 0.4) is 0 Å². The van der Waals surface area contributed by atoms with Crippen LogP contribution in [0.15, 0.2) is 23.3 Å². The zero-order valence-electron chi connectivity index (χ0n) is 14.3. The van der Waals surface area contributed by atoms with Gasteiger partial charge in [0.05, 0.1) is 0 Å². The van der Waals surface area contributed by atoms with Gasteiger partial charge in [0.2, 0.25) is 0 Å². The van der Waals surface area contributed by atoms with Crippen LogP contribution >= 0.6 is 0 Å². The number of aliphatic hydroxyl groups excluding tert-OH is 1. The summed E-state index contributed by atoms with van der Waals surface area (Å²) in [5.74, 6) is 0.615. The van der Waals surface area contributed by atoms with Crippen molar-refractivity contribution in [2.75, 3.05) is 6.61 Å². The molecule has 3 aliphatic carbocycles. The highest BCUT2D eigenvalue weighted by Crippen LogP contribution is 2.62. The quantitative estimate of drug-likeness (QED) is 0.735. The summed E-state index contributed by atoms with van der Waals surface area (Å²) < 4.78 is 0. The fourth-order valence-corrected chi connectivity index (χ4v) is 5.45. The molecule has 0 amide bonds. The van der Waals surface area contributed by atoms with Crippen LogP contribution in [0.2, 0.25) is 0 Å². The lowest BCUT2D eigenvalue weighted by Gasteiger charge is -2.56. The zero-order valence-corrected chi connectivity index (χ0v) is 14.3. The first-order valence-corrected chi connectivity index (χ1v) is 8.88. The number of hydrogen-bond acceptors (Lipinski definition) is 1. The lowest BCUT2D eigenvalue weighted by atomic mass is 9.48. The van der Waals surface area contributed by atoms with Gasteiger partial charge in [-0.3, -0.25) is 0 Å². The minimum atomic E-state index is 0.112. The van der Waals surface area contributed by atoms with E-state index in [4.69, 9.17) is 0 Å². The lowest BCUT2D eigenvalue weighted by molar-refractivity contribution is -0.0295. The molecule has 0 heterocycles. The summed E-state index contributed by atoms with van der Waals surface area (Å²) in [6.45, 7) is 9.91. The summed E-state index contributed by atoms with van der Waals surface area (Å²) >= 11 is 0. The van der Waals surface area contributed by atoms with Crippen LogP contribution in [0, 0.1) is 22.2 Å². The SMILES string of the molecule is CCC1(C)CC=C2C(=CCC3C(C)(CO)CCCC23C)C1. The van der Waals surface area contributed by atoms with Gasteiger partial charge in [-0.1, -0.05) is 52.7 Å². The van der Waals surface area contributed by atoms with Crippen LogP contribution in [0.4, 0.5) is 0 Å². The molecular formula is C20H32O. The topological polar surface area (TPSA) is 20.2 Å². The maximum atomic E-state index is 9.98. The second-order valence-electron chi connectivity index (χ2n) is 8.76. The van der Waals surface area contributed by atoms with Gasteiger partial charge in [0, 0.05) is 6.61 Å². The number of fused-ring (bicyclic) bond motifs is 3. The van der Waals surface area contributed by atoms with Crippen LogP contribution in [0.1, 0.15) is 72.6 Å². The minimum Gasteiger partial charge on any atom is -0.396 e. The Morgan fingerprint density at radius 3 is 2.62 bits per heavy atom. The van der Waals surface area contributed by atoms with E-state index in [9.17, 15) is 5.11 Å². The normalized spacial score (nSPS) is 46.2. The second kappa shape index (κ2) is 4.98. The van der Waals surface area contributed by atoms with Crippen LogP contribution in [-0.4, -0.2) is 11.7 Å². The Morgan fingerprint density at radius 1 is 1.19 bits per heavy atom. The number of allylic oxidation sites excluding steroid dienone is 4. The summed E-state index contributed by atoms with van der Waals surface area (Å²) in [5, 5.41) is 9.98. The van der Waals surface area contributed by atoms with Gasteiger partial charge < -0.3 is 5.11 Å². The lowest BCUT2D eigenvalue weighted by Crippen LogP contribution is -2.48. The first-order chi connectivity index (χ1) is 9.87. The summed E-state index contributed by atoms with van der Waals surface area (Å²) in [6, 6.07) is 0. The van der Waals surface area contributed by atoms with E-state index in [2.05, 4.69) is 39.8 Å². The van der Waals surface area contributed by atoms with Gasteiger partial charge in [0.15, 0.2) is 0 Å². The molecule has 0 radical (unpaired) electrons. The molecule has 1 fully saturated rings. The highest BCUT2D eigenvalue weighted by Gasteiger charge is 2.52. The van der Waals surface area contributed by atoms with E-state index < -0.39 is 0 Å². The van der Waals surface area contributed by atoms with E-state index in [0.717, 1.165) is 0 Å². The molecule has 0 bridgehead atoms. The van der Waals surface area contributed by atoms with Gasteiger partial charge in [-0.25, -0.2) is 0 Å². The second-order valence-corrected chi connectivity index (χ2v) is 8.76. The molecule has 4 unspecified atom stereocenters. The molecule has 0 aromatic carbocycles. The number of rotatable bonds is 2. The van der Waals surface area contributed by atoms with Crippen molar-refractivity contribution in [2.24, 2.45) is 22.2 Å². The molecule has 0 spiro atoms. The van der Waals surface area contributed by atoms with Crippen molar-refractivity contribution >= 4 is 0 Å². The van der Waals surface area contributed by atoms with E-state index in [0.29, 0.717) is 23.4 Å². The standard InChI is InChI=1S/C20H32O/c1-5-18(2)12-9-16-15(13-18)7-8-17-19(3,14-21)10-6-11-20(16,17)4/h7,9,17,21H,5-6,8,10-14H2,1-4H3. The average Bonchev–Trinajstić information content (AvgIpc) is 2.46. The largest absolute Gasteiger partial charge is 0.396 e. The number of aliphatic hydroxyl groups is 1. The highest BCUT2D eigenvalue weighted by molar-refractivity contribution is 5.44. The molecule has 3 aliphatic rings. The van der Waals surface area contributed by atoms with Gasteiger partial charge in [0.1, 0.15) is 0 Å². The van der Waals surface area contributed by atoms with Crippen LogP contribution in [0.25, 0.3) is 0 Å². The van der Waals surface area contributed by atoms with Gasteiger partial charge in [-0.05, 0) is 65.4 Å². The molecule has 1 saturated carbocycles. The highest BCUT2D eigenvalue weighted by atomic mass is 16.3. The van der Waals surface area contributed by atoms with Crippen molar-refractivity contribution in [1.82, 2.24) is 0 Å². The third kappa shape index (κ3) is 2.23. The van der Waals surface area contributed by atoms with Crippen molar-refractivity contribution in [2.45, 2.75) is 72.6 Å². The maximum absolute atomic E-state index is 9.98. The van der Waals surface area contributed by atoms with Crippen molar-refractivity contribution in [1.29, 1.82) is 0 Å². The molecule has 21 heavy (non-hydrogen) atoms. The van der Waals surface area contributed by atoms with Crippen LogP contribution in [0.5, 0.6) is 0 Å². The Hall–Kier alpha value is -0.560. The van der Waals surface area contributed by atoms with E-state index in [-0.39, 0.29) is 5.41 Å². The predicted octanol–water partition coefficient (Wildman–Crippen LogP) is 5.26. The van der Waals surface area contributed by atoms with Crippen molar-refractivity contribution in [3.63, 3.8) is 0 Å². The minimum absolute atomic E-state index is 0.112. The van der Waals surface area contributed by atoms with Gasteiger partial charge >= 0.3 is 0 Å². The third-order valence-corrected chi connectivity index (χ3v) is 7.25. The molecule has 0 saturated heterocycles. The van der Waals surface area contributed by atoms with E-state index in [1.807, 2.05) is 0 Å². The predicted molar refractivity (Wildman–Crippen MR) is 89.1 cm³/mol. The van der Waals surface area contributed by atoms with Gasteiger partial charge in [-0.2, -0.15) is 0 Å². The zero-order chi connectivity index (χ0) is 15.3. The summed E-state index contributed by atoms with van der Waals surface area (Å²) in [7, 11) is 0. The van der Waals surface area contributed by atoms with Gasteiger partial charge in [0.25, 0.3) is 0 Å². The van der Waals surface area contributed by atoms with Crippen LogP contribution in [-0.2, 0) is 0 Å². The Morgan fingerprint density at radius 2 is 1.95 bits per heavy atom. The van der Waals surface area contributed by atoms with Crippen molar-refractivity contribution in [3.05, 3.63) is 23.3 Å². The summed E-state index contributed by atoms with van der Waals surface area (Å²) in [5.41, 5.74) is 4.15. The molecule has 4 atom stereocenters. The molecule has 3 rings (SSSR count). The Kier molecular flexibility index (Phi) is 3.64. The molecule has 118 valence electrons. The first-order valence-electron chi connectivity index (χ1n) is 8.88. The Bertz CT molecular complexity index is 488. The molecule has 1 nitrogen and oxygen atoms in total. The molecule has 1 heteroatoms. The molecule has 1 N–H and O–H groups in total. The van der Waals surface area contributed by atoms with Crippen molar-refractivity contribution < 1.29 is 5.11 Å². The molecule has 0 aliphatic heterocycles. The molecule has 0 aromatic heterocycles. The first kappa shape index (κ1) is 15.3. The van der Waals surface area contributed by atoms with E-state index in [1.54, 1.807) is 11.1 Å². The smallest absolute Gasteiger partial charge is 0.0487 e. The van der Waals surface area contributed by atoms with Crippen LogP contribution < -0.4 is 0 Å². The Balaban J connectivity index is 2.00. The summed E-state index contributed by atoms with van der Waals surface area (Å²) in [4.78, 5) is 0. The summed E-state index contributed by atoms with van der Waals surface area (Å²) in [6.07, 6.45) is 13.8. The number of hydrogen-bond donors (Lipinski definition) is 1. The monoisotopic (exact) mass is 288 g/mol. The fraction of sp³-hybridized carbons (Fsp3) is 0.800. The molecular weight excluding hydrogens is 256 g/mol. The van der Waals surface area contributed by atoms with Gasteiger partial charge in [-0.15, -0.1) is 0 Å². The maximum Gasteiger partial charge on any atom is 0.0487 e. The average molecular weight is 288 g/mol. The fourth-order valence-electron chi connectivity index (χ4n) is 5.45.